The van der Waals surface area contributed by atoms with E-state index in [1.54, 1.807) is 0 Å². The Balaban J connectivity index is 3.80. The van der Waals surface area contributed by atoms with Crippen LogP contribution >= 0.6 is 0 Å². The number of nitrogens with two attached hydrogens (primary N) is 1. The Morgan fingerprint density at radius 3 is 1.39 bits per heavy atom. The van der Waals surface area contributed by atoms with Crippen molar-refractivity contribution in [3.05, 3.63) is 0 Å². The first-order valence-corrected chi connectivity index (χ1v) is 19.5. The highest BCUT2D eigenvalue weighted by molar-refractivity contribution is 5.69. The lowest BCUT2D eigenvalue weighted by molar-refractivity contribution is -0.148. The molecule has 6 nitrogen and oxygen atoms in total. The van der Waals surface area contributed by atoms with Crippen LogP contribution in [-0.4, -0.2) is 50.2 Å². The molecule has 0 aliphatic heterocycles. The number of nitrogens with zero attached hydrogens (tertiary/aromatic N) is 1. The van der Waals surface area contributed by atoms with Gasteiger partial charge < -0.3 is 14.2 Å². The predicted octanol–water partition coefficient (Wildman–Crippen LogP) is 11.0. The van der Waals surface area contributed by atoms with Crippen molar-refractivity contribution in [1.29, 1.82) is 0 Å². The van der Waals surface area contributed by atoms with Crippen molar-refractivity contribution < 1.29 is 19.0 Å². The van der Waals surface area contributed by atoms with Crippen molar-refractivity contribution in [2.24, 2.45) is 5.84 Å². The van der Waals surface area contributed by atoms with E-state index in [-0.39, 0.29) is 12.3 Å². The summed E-state index contributed by atoms with van der Waals surface area (Å²) in [6.07, 6.45) is 33.2. The summed E-state index contributed by atoms with van der Waals surface area (Å²) in [6, 6.07) is 0. The zero-order chi connectivity index (χ0) is 32.2. The SMILES string of the molecule is CCCCCCCCOC(=O)CCCCCCCN(N)CCCCCC(OCCCCCCCC)OCCCCCCCC. The van der Waals surface area contributed by atoms with E-state index in [1.165, 1.54) is 109 Å². The van der Waals surface area contributed by atoms with Gasteiger partial charge in [0.25, 0.3) is 0 Å². The zero-order valence-corrected chi connectivity index (χ0v) is 30.1. The molecule has 0 fully saturated rings. The number of hydrogen-bond acceptors (Lipinski definition) is 6. The van der Waals surface area contributed by atoms with Gasteiger partial charge in [-0.05, 0) is 51.4 Å². The van der Waals surface area contributed by atoms with E-state index >= 15 is 0 Å². The largest absolute Gasteiger partial charge is 0.466 e. The number of esters is 1. The van der Waals surface area contributed by atoms with Crippen molar-refractivity contribution in [1.82, 2.24) is 5.01 Å². The van der Waals surface area contributed by atoms with Crippen molar-refractivity contribution in [3.63, 3.8) is 0 Å². The first-order valence-electron chi connectivity index (χ1n) is 19.5. The second-order valence-corrected chi connectivity index (χ2v) is 13.1. The van der Waals surface area contributed by atoms with Gasteiger partial charge in [0.1, 0.15) is 0 Å². The highest BCUT2D eigenvalue weighted by atomic mass is 16.7. The molecule has 0 atom stereocenters. The standard InChI is InChI=1S/C38H78N2O4/c1-4-7-10-13-19-27-34-42-37(41)30-23-17-16-18-25-32-40(39)33-26-22-24-31-38(43-35-28-20-14-11-8-5-2)44-36-29-21-15-12-9-6-3/h38H,4-36,39H2,1-3H3. The van der Waals surface area contributed by atoms with Gasteiger partial charge in [0.05, 0.1) is 6.61 Å². The normalized spacial score (nSPS) is 11.7. The lowest BCUT2D eigenvalue weighted by Crippen LogP contribution is -2.32. The highest BCUT2D eigenvalue weighted by Gasteiger charge is 2.10. The van der Waals surface area contributed by atoms with Crippen molar-refractivity contribution in [3.8, 4) is 0 Å². The molecule has 0 aliphatic rings. The molecule has 0 bridgehead atoms. The smallest absolute Gasteiger partial charge is 0.305 e. The number of carbonyl (C=O) groups excluding carboxylic acids is 1. The molecule has 264 valence electrons. The molecule has 0 amide bonds. The Hall–Kier alpha value is -0.690. The van der Waals surface area contributed by atoms with Gasteiger partial charge in [0.2, 0.25) is 0 Å². The van der Waals surface area contributed by atoms with E-state index in [0.717, 1.165) is 90.5 Å². The van der Waals surface area contributed by atoms with Crippen molar-refractivity contribution in [2.75, 3.05) is 32.9 Å². The molecule has 0 unspecified atom stereocenters. The molecular formula is C38H78N2O4. The van der Waals surface area contributed by atoms with E-state index in [9.17, 15) is 4.79 Å². The Morgan fingerprint density at radius 2 is 0.886 bits per heavy atom. The molecule has 44 heavy (non-hydrogen) atoms. The number of unbranched alkanes of at least 4 members (excludes halogenated alkanes) is 21. The number of hydrazine groups is 1. The van der Waals surface area contributed by atoms with Crippen LogP contribution in [0.3, 0.4) is 0 Å². The minimum absolute atomic E-state index is 0.0215. The minimum Gasteiger partial charge on any atom is -0.466 e. The molecule has 0 aromatic rings. The van der Waals surface area contributed by atoms with E-state index < -0.39 is 0 Å². The Morgan fingerprint density at radius 1 is 0.500 bits per heavy atom. The van der Waals surface area contributed by atoms with Crippen LogP contribution in [0.1, 0.15) is 201 Å². The van der Waals surface area contributed by atoms with Gasteiger partial charge in [0, 0.05) is 32.7 Å². The van der Waals surface area contributed by atoms with Gasteiger partial charge in [-0.3, -0.25) is 10.6 Å². The van der Waals surface area contributed by atoms with Gasteiger partial charge in [-0.1, -0.05) is 143 Å². The summed E-state index contributed by atoms with van der Waals surface area (Å²) in [7, 11) is 0. The minimum atomic E-state index is -0.0440. The molecule has 0 saturated heterocycles. The topological polar surface area (TPSA) is 74.0 Å². The van der Waals surface area contributed by atoms with Crippen LogP contribution in [-0.2, 0) is 19.0 Å². The molecule has 0 aromatic heterocycles. The zero-order valence-electron chi connectivity index (χ0n) is 30.1. The maximum absolute atomic E-state index is 11.9. The number of rotatable bonds is 37. The summed E-state index contributed by atoms with van der Waals surface area (Å²) in [5.74, 6) is 6.24. The fourth-order valence-electron chi connectivity index (χ4n) is 5.58. The summed E-state index contributed by atoms with van der Waals surface area (Å²) in [4.78, 5) is 11.9. The monoisotopic (exact) mass is 627 g/mol. The summed E-state index contributed by atoms with van der Waals surface area (Å²) in [6.45, 7) is 10.9. The van der Waals surface area contributed by atoms with Crippen LogP contribution in [0.4, 0.5) is 0 Å². The van der Waals surface area contributed by atoms with Crippen LogP contribution in [0.25, 0.3) is 0 Å². The van der Waals surface area contributed by atoms with Gasteiger partial charge >= 0.3 is 5.97 Å². The summed E-state index contributed by atoms with van der Waals surface area (Å²) >= 11 is 0. The lowest BCUT2D eigenvalue weighted by atomic mass is 10.1. The highest BCUT2D eigenvalue weighted by Crippen LogP contribution is 2.14. The van der Waals surface area contributed by atoms with Crippen LogP contribution in [0.5, 0.6) is 0 Å². The fourth-order valence-corrected chi connectivity index (χ4v) is 5.58. The average molecular weight is 627 g/mol. The van der Waals surface area contributed by atoms with Gasteiger partial charge in [-0.25, -0.2) is 5.01 Å². The average Bonchev–Trinajstić information content (AvgIpc) is 3.02. The number of hydrogen-bond donors (Lipinski definition) is 1. The van der Waals surface area contributed by atoms with Crippen LogP contribution in [0.15, 0.2) is 0 Å². The molecule has 0 radical (unpaired) electrons. The third kappa shape index (κ3) is 34.2. The van der Waals surface area contributed by atoms with E-state index in [2.05, 4.69) is 20.8 Å². The summed E-state index contributed by atoms with van der Waals surface area (Å²) in [5.41, 5.74) is 0. The number of ether oxygens (including phenoxy) is 3. The molecular weight excluding hydrogens is 548 g/mol. The van der Waals surface area contributed by atoms with Crippen LogP contribution in [0.2, 0.25) is 0 Å². The third-order valence-electron chi connectivity index (χ3n) is 8.58. The molecule has 0 spiro atoms. The molecule has 6 heteroatoms. The Bertz CT molecular complexity index is 545. The van der Waals surface area contributed by atoms with E-state index in [0.29, 0.717) is 13.0 Å². The fraction of sp³-hybridized carbons (Fsp3) is 0.974. The van der Waals surface area contributed by atoms with E-state index in [4.69, 9.17) is 20.1 Å². The summed E-state index contributed by atoms with van der Waals surface area (Å²) in [5, 5.41) is 1.99. The van der Waals surface area contributed by atoms with Crippen molar-refractivity contribution in [2.45, 2.75) is 207 Å². The first-order chi connectivity index (χ1) is 21.6. The van der Waals surface area contributed by atoms with Crippen molar-refractivity contribution >= 4 is 5.97 Å². The van der Waals surface area contributed by atoms with Gasteiger partial charge in [0.15, 0.2) is 6.29 Å². The van der Waals surface area contributed by atoms with Gasteiger partial charge in [-0.2, -0.15) is 0 Å². The van der Waals surface area contributed by atoms with Crippen LogP contribution in [0, 0.1) is 0 Å². The Labute approximate surface area is 275 Å². The van der Waals surface area contributed by atoms with Gasteiger partial charge in [-0.15, -0.1) is 0 Å². The molecule has 0 aliphatic carbocycles. The number of carbonyl (C=O) groups is 1. The maximum atomic E-state index is 11.9. The second kappa shape index (κ2) is 36.8. The lowest BCUT2D eigenvalue weighted by Gasteiger charge is -2.19. The third-order valence-corrected chi connectivity index (χ3v) is 8.58. The second-order valence-electron chi connectivity index (χ2n) is 13.1. The predicted molar refractivity (Wildman–Crippen MR) is 189 cm³/mol. The van der Waals surface area contributed by atoms with E-state index in [1.807, 2.05) is 5.01 Å². The quantitative estimate of drug-likeness (QED) is 0.0243. The Kier molecular flexibility index (Phi) is 36.2. The van der Waals surface area contributed by atoms with Crippen LogP contribution < -0.4 is 5.84 Å². The molecule has 0 saturated carbocycles. The molecule has 0 heterocycles. The molecule has 0 rings (SSSR count). The first kappa shape index (κ1) is 43.3. The molecule has 0 aromatic carbocycles. The maximum Gasteiger partial charge on any atom is 0.305 e. The molecule has 2 N–H and O–H groups in total. The summed E-state index contributed by atoms with van der Waals surface area (Å²) < 4.78 is 17.7.